The van der Waals surface area contributed by atoms with Crippen molar-refractivity contribution in [2.75, 3.05) is 26.2 Å². The van der Waals surface area contributed by atoms with E-state index in [4.69, 9.17) is 0 Å². The summed E-state index contributed by atoms with van der Waals surface area (Å²) in [5.74, 6) is 0. The second kappa shape index (κ2) is 5.80. The number of aryl methyl sites for hydroxylation is 1. The number of nitrogens with one attached hydrogen (secondary N) is 1. The Bertz CT molecular complexity index is 377. The number of hydrogen-bond acceptors (Lipinski definition) is 3. The molecule has 1 aliphatic heterocycles. The predicted octanol–water partition coefficient (Wildman–Crippen LogP) is 2.97. The van der Waals surface area contributed by atoms with Gasteiger partial charge in [0.1, 0.15) is 0 Å². The summed E-state index contributed by atoms with van der Waals surface area (Å²) >= 11 is 1.89. The number of thiophene rings is 1. The highest BCUT2D eigenvalue weighted by Crippen LogP contribution is 2.33. The molecule has 0 amide bonds. The van der Waals surface area contributed by atoms with Crippen LogP contribution in [0.15, 0.2) is 23.6 Å². The van der Waals surface area contributed by atoms with E-state index in [2.05, 4.69) is 42.1 Å². The summed E-state index contributed by atoms with van der Waals surface area (Å²) in [7, 11) is 0. The third-order valence-corrected chi connectivity index (χ3v) is 4.46. The van der Waals surface area contributed by atoms with Gasteiger partial charge in [0.2, 0.25) is 0 Å². The molecule has 2 nitrogen and oxygen atoms in total. The van der Waals surface area contributed by atoms with E-state index in [-0.39, 0.29) is 0 Å². The molecule has 1 aliphatic rings. The first-order valence-corrected chi connectivity index (χ1v) is 7.19. The Morgan fingerprint density at radius 1 is 1.53 bits per heavy atom. The highest BCUT2D eigenvalue weighted by atomic mass is 32.1. The molecule has 94 valence electrons. The van der Waals surface area contributed by atoms with E-state index in [1.807, 2.05) is 11.3 Å². The fourth-order valence-corrected chi connectivity index (χ4v) is 3.50. The molecule has 0 aliphatic carbocycles. The van der Waals surface area contributed by atoms with Crippen LogP contribution in [0.3, 0.4) is 0 Å². The van der Waals surface area contributed by atoms with Crippen molar-refractivity contribution >= 4 is 11.3 Å². The minimum atomic E-state index is 0.537. The minimum Gasteiger partial charge on any atom is -0.314 e. The van der Waals surface area contributed by atoms with Crippen molar-refractivity contribution in [1.82, 2.24) is 10.2 Å². The number of rotatable bonds is 4. The van der Waals surface area contributed by atoms with Gasteiger partial charge in [0.05, 0.1) is 0 Å². The Morgan fingerprint density at radius 3 is 2.76 bits per heavy atom. The Balaban J connectivity index is 2.18. The normalized spacial score (nSPS) is 19.2. The molecule has 3 heteroatoms. The molecule has 0 bridgehead atoms. The SMILES string of the molecule is C=C(C)C[C@@H](c1sccc1C)N1CCNCC1. The third-order valence-electron chi connectivity index (χ3n) is 3.34. The monoisotopic (exact) mass is 250 g/mol. The zero-order valence-corrected chi connectivity index (χ0v) is 11.6. The van der Waals surface area contributed by atoms with Crippen LogP contribution in [-0.2, 0) is 0 Å². The molecule has 0 radical (unpaired) electrons. The topological polar surface area (TPSA) is 15.3 Å². The molecule has 1 fully saturated rings. The average Bonchev–Trinajstić information content (AvgIpc) is 2.73. The molecule has 1 N–H and O–H groups in total. The minimum absolute atomic E-state index is 0.537. The van der Waals surface area contributed by atoms with E-state index in [0.717, 1.165) is 32.6 Å². The van der Waals surface area contributed by atoms with E-state index in [0.29, 0.717) is 6.04 Å². The quantitative estimate of drug-likeness (QED) is 0.827. The van der Waals surface area contributed by atoms with E-state index < -0.39 is 0 Å². The van der Waals surface area contributed by atoms with Crippen molar-refractivity contribution in [1.29, 1.82) is 0 Å². The van der Waals surface area contributed by atoms with Crippen LogP contribution in [0, 0.1) is 6.92 Å². The van der Waals surface area contributed by atoms with Crippen molar-refractivity contribution in [3.8, 4) is 0 Å². The lowest BCUT2D eigenvalue weighted by Gasteiger charge is -2.35. The zero-order chi connectivity index (χ0) is 12.3. The lowest BCUT2D eigenvalue weighted by Crippen LogP contribution is -2.45. The Labute approximate surface area is 108 Å². The lowest BCUT2D eigenvalue weighted by atomic mass is 10.0. The van der Waals surface area contributed by atoms with Crippen molar-refractivity contribution < 1.29 is 0 Å². The zero-order valence-electron chi connectivity index (χ0n) is 10.8. The molecule has 1 saturated heterocycles. The summed E-state index contributed by atoms with van der Waals surface area (Å²) in [6, 6.07) is 2.77. The van der Waals surface area contributed by atoms with E-state index >= 15 is 0 Å². The molecule has 1 aromatic heterocycles. The fraction of sp³-hybridized carbons (Fsp3) is 0.571. The largest absolute Gasteiger partial charge is 0.314 e. The second-order valence-corrected chi connectivity index (χ2v) is 5.88. The highest BCUT2D eigenvalue weighted by Gasteiger charge is 2.24. The van der Waals surface area contributed by atoms with Crippen molar-refractivity contribution in [2.45, 2.75) is 26.3 Å². The average molecular weight is 250 g/mol. The van der Waals surface area contributed by atoms with Gasteiger partial charge in [0, 0.05) is 37.1 Å². The maximum atomic E-state index is 4.09. The smallest absolute Gasteiger partial charge is 0.0482 e. The summed E-state index contributed by atoms with van der Waals surface area (Å²) in [6.45, 7) is 13.0. The molecule has 0 unspecified atom stereocenters. The number of nitrogens with zero attached hydrogens (tertiary/aromatic N) is 1. The standard InChI is InChI=1S/C14H22N2S/c1-11(2)10-13(14-12(3)4-9-17-14)16-7-5-15-6-8-16/h4,9,13,15H,1,5-8,10H2,2-3H3/t13-/m0/s1. The van der Waals surface area contributed by atoms with E-state index in [1.165, 1.54) is 16.0 Å². The maximum absolute atomic E-state index is 4.09. The molecular formula is C14H22N2S. The van der Waals surface area contributed by atoms with E-state index in [1.54, 1.807) is 0 Å². The molecule has 1 aromatic rings. The van der Waals surface area contributed by atoms with Crippen LogP contribution >= 0.6 is 11.3 Å². The molecule has 0 aromatic carbocycles. The van der Waals surface area contributed by atoms with Gasteiger partial charge >= 0.3 is 0 Å². The molecule has 1 atom stereocenters. The van der Waals surface area contributed by atoms with Crippen LogP contribution < -0.4 is 5.32 Å². The summed E-state index contributed by atoms with van der Waals surface area (Å²) in [4.78, 5) is 4.12. The lowest BCUT2D eigenvalue weighted by molar-refractivity contribution is 0.174. The van der Waals surface area contributed by atoms with Gasteiger partial charge in [-0.1, -0.05) is 5.57 Å². The van der Waals surface area contributed by atoms with Crippen LogP contribution in [0.25, 0.3) is 0 Å². The first-order valence-electron chi connectivity index (χ1n) is 6.31. The van der Waals surface area contributed by atoms with Gasteiger partial charge in [-0.3, -0.25) is 4.90 Å². The Kier molecular flexibility index (Phi) is 4.37. The Morgan fingerprint density at radius 2 is 2.24 bits per heavy atom. The fourth-order valence-electron chi connectivity index (χ4n) is 2.44. The van der Waals surface area contributed by atoms with Gasteiger partial charge < -0.3 is 5.32 Å². The summed E-state index contributed by atoms with van der Waals surface area (Å²) in [5, 5.41) is 5.63. The summed E-state index contributed by atoms with van der Waals surface area (Å²) in [5.41, 5.74) is 2.71. The molecule has 2 rings (SSSR count). The first kappa shape index (κ1) is 12.8. The molecular weight excluding hydrogens is 228 g/mol. The van der Waals surface area contributed by atoms with Crippen molar-refractivity contribution in [3.63, 3.8) is 0 Å². The van der Waals surface area contributed by atoms with Gasteiger partial charge in [-0.15, -0.1) is 17.9 Å². The van der Waals surface area contributed by atoms with Crippen LogP contribution in [0.2, 0.25) is 0 Å². The van der Waals surface area contributed by atoms with Gasteiger partial charge in [0.15, 0.2) is 0 Å². The van der Waals surface area contributed by atoms with Crippen LogP contribution in [0.1, 0.15) is 29.8 Å². The van der Waals surface area contributed by atoms with E-state index in [9.17, 15) is 0 Å². The summed E-state index contributed by atoms with van der Waals surface area (Å²) < 4.78 is 0. The van der Waals surface area contributed by atoms with Gasteiger partial charge in [0.25, 0.3) is 0 Å². The highest BCUT2D eigenvalue weighted by molar-refractivity contribution is 7.10. The third kappa shape index (κ3) is 3.18. The van der Waals surface area contributed by atoms with Crippen LogP contribution in [0.4, 0.5) is 0 Å². The molecule has 0 spiro atoms. The number of piperazine rings is 1. The Hall–Kier alpha value is -0.640. The summed E-state index contributed by atoms with van der Waals surface area (Å²) in [6.07, 6.45) is 1.08. The van der Waals surface area contributed by atoms with Gasteiger partial charge in [-0.05, 0) is 37.3 Å². The van der Waals surface area contributed by atoms with Gasteiger partial charge in [-0.2, -0.15) is 0 Å². The molecule has 17 heavy (non-hydrogen) atoms. The second-order valence-electron chi connectivity index (χ2n) is 4.93. The van der Waals surface area contributed by atoms with Crippen molar-refractivity contribution in [3.05, 3.63) is 34.0 Å². The number of hydrogen-bond donors (Lipinski definition) is 1. The molecule has 0 saturated carbocycles. The predicted molar refractivity (Wildman–Crippen MR) is 75.7 cm³/mol. The van der Waals surface area contributed by atoms with Crippen LogP contribution in [0.5, 0.6) is 0 Å². The molecule has 2 heterocycles. The van der Waals surface area contributed by atoms with Crippen molar-refractivity contribution in [2.24, 2.45) is 0 Å². The van der Waals surface area contributed by atoms with Gasteiger partial charge in [-0.25, -0.2) is 0 Å². The maximum Gasteiger partial charge on any atom is 0.0482 e. The van der Waals surface area contributed by atoms with Crippen LogP contribution in [-0.4, -0.2) is 31.1 Å². The first-order chi connectivity index (χ1) is 8.18.